The van der Waals surface area contributed by atoms with E-state index in [1.807, 2.05) is 19.9 Å². The zero-order chi connectivity index (χ0) is 18.2. The van der Waals surface area contributed by atoms with Crippen molar-refractivity contribution in [3.8, 4) is 11.5 Å². The van der Waals surface area contributed by atoms with Gasteiger partial charge < -0.3 is 14.9 Å². The summed E-state index contributed by atoms with van der Waals surface area (Å²) in [6, 6.07) is 5.38. The molecule has 0 fully saturated rings. The molecule has 0 bridgehead atoms. The third-order valence-electron chi connectivity index (χ3n) is 3.58. The molecule has 8 heteroatoms. The minimum Gasteiger partial charge on any atom is -0.481 e. The molecular weight excluding hydrogens is 324 g/mol. The molecule has 8 nitrogen and oxygen atoms in total. The molecule has 0 aliphatic carbocycles. The molecule has 0 saturated heterocycles. The fourth-order valence-electron chi connectivity index (χ4n) is 2.34. The van der Waals surface area contributed by atoms with Gasteiger partial charge in [-0.1, -0.05) is 25.1 Å². The summed E-state index contributed by atoms with van der Waals surface area (Å²) in [5.41, 5.74) is 0.597. The standard InChI is InChI=1S/C17H22N4O4/c1-11(2)9-12(17(23)24)10-19-14(22)6-7-15-20-16(21-25-15)13-5-3-4-8-18-13/h3-5,8,11-12H,6-7,9-10H2,1-2H3,(H,19,22)(H,23,24). The SMILES string of the molecule is CC(C)CC(CNC(=O)CCc1nc(-c2ccccn2)no1)C(=O)O. The van der Waals surface area contributed by atoms with E-state index in [1.54, 1.807) is 18.3 Å². The van der Waals surface area contributed by atoms with Crippen molar-refractivity contribution in [1.82, 2.24) is 20.4 Å². The van der Waals surface area contributed by atoms with Crippen LogP contribution in [0.3, 0.4) is 0 Å². The number of carboxylic acids is 1. The summed E-state index contributed by atoms with van der Waals surface area (Å²) in [6.45, 7) is 4.02. The van der Waals surface area contributed by atoms with E-state index < -0.39 is 11.9 Å². The van der Waals surface area contributed by atoms with Gasteiger partial charge in [0.25, 0.3) is 0 Å². The monoisotopic (exact) mass is 346 g/mol. The average Bonchev–Trinajstić information content (AvgIpc) is 3.06. The van der Waals surface area contributed by atoms with Gasteiger partial charge in [0.1, 0.15) is 5.69 Å². The number of nitrogens with zero attached hydrogens (tertiary/aromatic N) is 3. The van der Waals surface area contributed by atoms with Crippen LogP contribution in [0.15, 0.2) is 28.9 Å². The van der Waals surface area contributed by atoms with Crippen molar-refractivity contribution < 1.29 is 19.2 Å². The highest BCUT2D eigenvalue weighted by Gasteiger charge is 2.20. The molecule has 2 N–H and O–H groups in total. The Morgan fingerprint density at radius 1 is 1.32 bits per heavy atom. The van der Waals surface area contributed by atoms with E-state index in [9.17, 15) is 9.59 Å². The van der Waals surface area contributed by atoms with Crippen LogP contribution in [0.4, 0.5) is 0 Å². The summed E-state index contributed by atoms with van der Waals surface area (Å²) in [6.07, 6.45) is 2.59. The number of aryl methyl sites for hydroxylation is 1. The van der Waals surface area contributed by atoms with Gasteiger partial charge in [-0.05, 0) is 24.5 Å². The van der Waals surface area contributed by atoms with E-state index in [-0.39, 0.29) is 31.2 Å². The molecule has 0 aliphatic rings. The summed E-state index contributed by atoms with van der Waals surface area (Å²) in [4.78, 5) is 31.4. The van der Waals surface area contributed by atoms with Gasteiger partial charge in [0.2, 0.25) is 17.6 Å². The molecule has 1 atom stereocenters. The van der Waals surface area contributed by atoms with Crippen molar-refractivity contribution >= 4 is 11.9 Å². The van der Waals surface area contributed by atoms with Crippen LogP contribution in [-0.4, -0.2) is 38.7 Å². The topological polar surface area (TPSA) is 118 Å². The molecule has 0 aromatic carbocycles. The second-order valence-corrected chi connectivity index (χ2v) is 6.20. The van der Waals surface area contributed by atoms with Gasteiger partial charge in [-0.3, -0.25) is 14.6 Å². The van der Waals surface area contributed by atoms with Gasteiger partial charge >= 0.3 is 5.97 Å². The second-order valence-electron chi connectivity index (χ2n) is 6.20. The Bertz CT molecular complexity index is 700. The highest BCUT2D eigenvalue weighted by atomic mass is 16.5. The number of hydrogen-bond acceptors (Lipinski definition) is 6. The predicted octanol–water partition coefficient (Wildman–Crippen LogP) is 1.93. The van der Waals surface area contributed by atoms with Crippen LogP contribution in [0, 0.1) is 11.8 Å². The van der Waals surface area contributed by atoms with Gasteiger partial charge in [-0.2, -0.15) is 4.98 Å². The average molecular weight is 346 g/mol. The molecular formula is C17H22N4O4. The molecule has 0 spiro atoms. The van der Waals surface area contributed by atoms with Gasteiger partial charge in [-0.25, -0.2) is 0 Å². The first kappa shape index (κ1) is 18.6. The third kappa shape index (κ3) is 5.98. The van der Waals surface area contributed by atoms with Gasteiger partial charge in [0.05, 0.1) is 5.92 Å². The first-order valence-corrected chi connectivity index (χ1v) is 8.19. The Kier molecular flexibility index (Phi) is 6.62. The van der Waals surface area contributed by atoms with E-state index in [0.717, 1.165) is 0 Å². The Balaban J connectivity index is 1.80. The summed E-state index contributed by atoms with van der Waals surface area (Å²) in [5.74, 6) is -0.755. The quantitative estimate of drug-likeness (QED) is 0.712. The van der Waals surface area contributed by atoms with Crippen LogP contribution in [0.5, 0.6) is 0 Å². The molecule has 25 heavy (non-hydrogen) atoms. The molecule has 2 aromatic heterocycles. The van der Waals surface area contributed by atoms with E-state index in [2.05, 4.69) is 20.4 Å². The third-order valence-corrected chi connectivity index (χ3v) is 3.58. The number of carbonyl (C=O) groups is 2. The van der Waals surface area contributed by atoms with Crippen molar-refractivity contribution in [3.05, 3.63) is 30.3 Å². The van der Waals surface area contributed by atoms with Crippen LogP contribution in [0.1, 0.15) is 32.6 Å². The van der Waals surface area contributed by atoms with Crippen molar-refractivity contribution in [2.45, 2.75) is 33.1 Å². The van der Waals surface area contributed by atoms with Crippen LogP contribution in [-0.2, 0) is 16.0 Å². The first-order valence-electron chi connectivity index (χ1n) is 8.19. The van der Waals surface area contributed by atoms with E-state index in [1.165, 1.54) is 0 Å². The maximum absolute atomic E-state index is 11.9. The van der Waals surface area contributed by atoms with Gasteiger partial charge in [-0.15, -0.1) is 0 Å². The Hall–Kier alpha value is -2.77. The minimum absolute atomic E-state index is 0.120. The maximum Gasteiger partial charge on any atom is 0.308 e. The number of rotatable bonds is 9. The minimum atomic E-state index is -0.897. The molecule has 1 unspecified atom stereocenters. The second kappa shape index (κ2) is 8.91. The number of hydrogen-bond donors (Lipinski definition) is 2. The smallest absolute Gasteiger partial charge is 0.308 e. The van der Waals surface area contributed by atoms with Crippen molar-refractivity contribution in [2.24, 2.45) is 11.8 Å². The largest absolute Gasteiger partial charge is 0.481 e. The predicted molar refractivity (Wildman–Crippen MR) is 89.4 cm³/mol. The molecule has 134 valence electrons. The lowest BCUT2D eigenvalue weighted by molar-refractivity contribution is -0.142. The summed E-state index contributed by atoms with van der Waals surface area (Å²) in [5, 5.41) is 15.7. The van der Waals surface area contributed by atoms with Crippen LogP contribution < -0.4 is 5.32 Å². The highest BCUT2D eigenvalue weighted by molar-refractivity contribution is 5.77. The number of pyridine rings is 1. The Labute approximate surface area is 145 Å². The van der Waals surface area contributed by atoms with E-state index in [4.69, 9.17) is 9.63 Å². The maximum atomic E-state index is 11.9. The molecule has 1 amide bonds. The van der Waals surface area contributed by atoms with Crippen molar-refractivity contribution in [2.75, 3.05) is 6.54 Å². The zero-order valence-corrected chi connectivity index (χ0v) is 14.3. The summed E-state index contributed by atoms with van der Waals surface area (Å²) < 4.78 is 5.11. The molecule has 0 radical (unpaired) electrons. The highest BCUT2D eigenvalue weighted by Crippen LogP contribution is 2.13. The fraction of sp³-hybridized carbons (Fsp3) is 0.471. The van der Waals surface area contributed by atoms with E-state index in [0.29, 0.717) is 23.8 Å². The van der Waals surface area contributed by atoms with Gasteiger partial charge in [0, 0.05) is 25.6 Å². The molecule has 2 aromatic rings. The van der Waals surface area contributed by atoms with E-state index >= 15 is 0 Å². The normalized spacial score (nSPS) is 12.1. The lowest BCUT2D eigenvalue weighted by Gasteiger charge is -2.15. The number of carbonyl (C=O) groups excluding carboxylic acids is 1. The molecule has 2 rings (SSSR count). The van der Waals surface area contributed by atoms with Crippen LogP contribution >= 0.6 is 0 Å². The van der Waals surface area contributed by atoms with Crippen molar-refractivity contribution in [3.63, 3.8) is 0 Å². The zero-order valence-electron chi connectivity index (χ0n) is 14.3. The summed E-state index contributed by atoms with van der Waals surface area (Å²) >= 11 is 0. The Morgan fingerprint density at radius 2 is 2.12 bits per heavy atom. The van der Waals surface area contributed by atoms with Crippen LogP contribution in [0.2, 0.25) is 0 Å². The van der Waals surface area contributed by atoms with Crippen LogP contribution in [0.25, 0.3) is 11.5 Å². The first-order chi connectivity index (χ1) is 12.0. The number of aromatic nitrogens is 3. The lowest BCUT2D eigenvalue weighted by atomic mass is 9.97. The fourth-order valence-corrected chi connectivity index (χ4v) is 2.34. The number of aliphatic carboxylic acids is 1. The summed E-state index contributed by atoms with van der Waals surface area (Å²) in [7, 11) is 0. The van der Waals surface area contributed by atoms with Gasteiger partial charge in [0.15, 0.2) is 0 Å². The van der Waals surface area contributed by atoms with Crippen molar-refractivity contribution in [1.29, 1.82) is 0 Å². The lowest BCUT2D eigenvalue weighted by Crippen LogP contribution is -2.33. The number of amides is 1. The Morgan fingerprint density at radius 3 is 2.76 bits per heavy atom. The number of nitrogens with one attached hydrogen (secondary N) is 1. The molecule has 0 aliphatic heterocycles. The number of carboxylic acid groups (broad SMARTS) is 1. The molecule has 0 saturated carbocycles. The molecule has 2 heterocycles.